The number of nitriles is 2. The van der Waals surface area contributed by atoms with Crippen LogP contribution in [0.3, 0.4) is 0 Å². The van der Waals surface area contributed by atoms with E-state index in [0.29, 0.717) is 132 Å². The first-order chi connectivity index (χ1) is 44.5. The molecular weight excluding hydrogens is 1170 g/mol. The van der Waals surface area contributed by atoms with Crippen LogP contribution in [0.2, 0.25) is 0 Å². The highest BCUT2D eigenvalue weighted by atomic mass is 16.6. The van der Waals surface area contributed by atoms with Crippen molar-refractivity contribution in [2.45, 2.75) is 76.2 Å². The molecule has 0 saturated carbocycles. The van der Waals surface area contributed by atoms with Gasteiger partial charge in [0.2, 0.25) is 5.91 Å². The number of aromatic nitrogens is 6. The molecule has 0 bridgehead atoms. The van der Waals surface area contributed by atoms with Crippen molar-refractivity contribution in [3.8, 4) is 57.4 Å². The van der Waals surface area contributed by atoms with Gasteiger partial charge < -0.3 is 59.2 Å². The Morgan fingerprint density at radius 3 is 1.46 bits per heavy atom. The van der Waals surface area contributed by atoms with E-state index in [4.69, 9.17) is 40.3 Å². The number of nitrogens with zero attached hydrogens (tertiary/aromatic N) is 12. The summed E-state index contributed by atoms with van der Waals surface area (Å²) in [5.41, 5.74) is 17.1. The van der Waals surface area contributed by atoms with Crippen LogP contribution < -0.4 is 20.9 Å². The number of carbonyl (C=O) groups excluding carboxylic acids is 2. The van der Waals surface area contributed by atoms with Gasteiger partial charge in [-0.3, -0.25) is 14.6 Å². The Hall–Kier alpha value is -10.2. The van der Waals surface area contributed by atoms with Crippen LogP contribution in [0, 0.1) is 22.7 Å². The molecule has 92 heavy (non-hydrogen) atoms. The normalized spacial score (nSPS) is 18.1. The summed E-state index contributed by atoms with van der Waals surface area (Å²) in [7, 11) is 4.03. The molecule has 23 heteroatoms. The van der Waals surface area contributed by atoms with Crippen LogP contribution in [0.4, 0.5) is 16.4 Å². The quantitative estimate of drug-likeness (QED) is 0.0758. The second-order valence-corrected chi connectivity index (χ2v) is 23.9. The summed E-state index contributed by atoms with van der Waals surface area (Å²) >= 11 is 0. The Labute approximate surface area is 534 Å². The molecule has 2 amide bonds. The van der Waals surface area contributed by atoms with Crippen molar-refractivity contribution >= 4 is 51.7 Å². The van der Waals surface area contributed by atoms with Gasteiger partial charge in [0.25, 0.3) is 0 Å². The predicted molar refractivity (Wildman–Crippen MR) is 349 cm³/mol. The van der Waals surface area contributed by atoms with Crippen molar-refractivity contribution in [2.75, 3.05) is 91.3 Å². The number of nitrogen functional groups attached to an aromatic ring is 2. The summed E-state index contributed by atoms with van der Waals surface area (Å²) in [6, 6.07) is 39.4. The number of carboxylic acid groups (broad SMARTS) is 1. The van der Waals surface area contributed by atoms with Crippen LogP contribution in [0.15, 0.2) is 146 Å². The molecule has 0 aliphatic carbocycles. The number of carboxylic acids is 1. The Morgan fingerprint density at radius 2 is 1.04 bits per heavy atom. The first-order valence-electron chi connectivity index (χ1n) is 30.6. The highest BCUT2D eigenvalue weighted by Gasteiger charge is 2.36. The first-order valence-corrected chi connectivity index (χ1v) is 30.6. The van der Waals surface area contributed by atoms with E-state index in [1.165, 1.54) is 18.7 Å². The van der Waals surface area contributed by atoms with Gasteiger partial charge in [0.15, 0.2) is 0 Å². The number of hydrogen-bond acceptors (Lipinski definition) is 18. The number of para-hydroxylation sites is 2. The number of aliphatic carboxylic acids is 1. The van der Waals surface area contributed by atoms with Gasteiger partial charge in [-0.05, 0) is 120 Å². The van der Waals surface area contributed by atoms with E-state index in [0.717, 1.165) is 61.9 Å². The van der Waals surface area contributed by atoms with E-state index in [1.54, 1.807) is 17.1 Å². The zero-order valence-electron chi connectivity index (χ0n) is 52.3. The number of fused-ring (bicyclic) bond motifs is 2. The van der Waals surface area contributed by atoms with Crippen LogP contribution in [-0.4, -0.2) is 169 Å². The van der Waals surface area contributed by atoms with Crippen LogP contribution >= 0.6 is 0 Å². The van der Waals surface area contributed by atoms with Gasteiger partial charge in [0, 0.05) is 87.8 Å². The fraction of sp³-hybridized carbons (Fsp3) is 0.348. The van der Waals surface area contributed by atoms with Crippen molar-refractivity contribution in [1.29, 1.82) is 10.5 Å². The SMILES string of the molecule is CC(C)(C)OC(=O)N1CC[C@@H](n2c(C#N)c(-c3ccc(Oc4ccccc4)cc3)c3c(N)ncnc32)C1.CN(C/C=C/C(=O)N1CC[C@@H](n2c(C#N)c(-c3ccc(Oc4ccccc4)cc3)c3c(N)ncnc32)C1)[C@@H]1CCOC1.CN(C/C=C/C(=O)O)[C@@H]1CCOC1. The second kappa shape index (κ2) is 29.6. The number of nitrogens with two attached hydrogens (primary N) is 2. The average Bonchev–Trinajstić information content (AvgIpc) is 1.60. The zero-order valence-corrected chi connectivity index (χ0v) is 52.3. The molecule has 0 spiro atoms. The van der Waals surface area contributed by atoms with E-state index in [1.807, 2.05) is 157 Å². The fourth-order valence-corrected chi connectivity index (χ4v) is 11.8. The number of amides is 2. The molecular formula is C69H76N14O9. The van der Waals surface area contributed by atoms with Crippen LogP contribution in [0.1, 0.15) is 69.9 Å². The standard InChI is InChI=1S/C32H33N7O3.C28H28N6O3.C9H15NO3/c1-37(24-14-17-41-20-24)15-5-8-28(40)38-16-13-23(19-38)39-27(18-33)29(30-31(34)35-21-36-32(30)39)22-9-11-26(12-10-22)42-25-6-3-2-4-7-25;1-28(2,3)37-27(35)33-14-13-19(16-33)34-22(15-29)23(24-25(30)31-17-32-26(24)34)18-9-11-21(12-10-18)36-20-7-5-4-6-8-20;1-10(5-2-3-9(11)12)8-4-6-13-7-8/h2-12,21,23-24H,13-17,19-20H2,1H3,(H2,34,35,36);4-12,17,19H,13-14,16H2,1-3H3,(H2,30,31,32);2-3,8H,4-7H2,1H3,(H,11,12)/b8-5+;;3-2+/t23-,24-;19-;8-/m111/s1. The van der Waals surface area contributed by atoms with Gasteiger partial charge >= 0.3 is 12.1 Å². The lowest BCUT2D eigenvalue weighted by Gasteiger charge is -2.24. The van der Waals surface area contributed by atoms with E-state index in [9.17, 15) is 24.9 Å². The fourth-order valence-electron chi connectivity index (χ4n) is 11.8. The number of anilines is 2. The lowest BCUT2D eigenvalue weighted by molar-refractivity contribution is -0.131. The first kappa shape index (κ1) is 64.8. The summed E-state index contributed by atoms with van der Waals surface area (Å²) in [6.07, 6.45) is 12.3. The monoisotopic (exact) mass is 1240 g/mol. The highest BCUT2D eigenvalue weighted by molar-refractivity contribution is 6.04. The third-order valence-corrected chi connectivity index (χ3v) is 16.5. The number of ether oxygens (including phenoxy) is 5. The summed E-state index contributed by atoms with van der Waals surface area (Å²) in [6.45, 7) is 12.0. The van der Waals surface area contributed by atoms with Crippen LogP contribution in [-0.2, 0) is 23.8 Å². The van der Waals surface area contributed by atoms with Crippen molar-refractivity contribution < 1.29 is 43.2 Å². The Bertz CT molecular complexity index is 4010. The van der Waals surface area contributed by atoms with Crippen molar-refractivity contribution in [1.82, 2.24) is 48.7 Å². The maximum Gasteiger partial charge on any atom is 0.410 e. The molecule has 4 aromatic heterocycles. The predicted octanol–water partition coefficient (Wildman–Crippen LogP) is 10.3. The van der Waals surface area contributed by atoms with Gasteiger partial charge in [-0.1, -0.05) is 72.8 Å². The van der Waals surface area contributed by atoms with E-state index in [2.05, 4.69) is 48.9 Å². The lowest BCUT2D eigenvalue weighted by Crippen LogP contribution is -2.35. The summed E-state index contributed by atoms with van der Waals surface area (Å²) in [4.78, 5) is 61.2. The van der Waals surface area contributed by atoms with Gasteiger partial charge in [0.05, 0.1) is 36.1 Å². The zero-order chi connectivity index (χ0) is 64.9. The molecule has 4 saturated heterocycles. The second-order valence-electron chi connectivity index (χ2n) is 23.9. The summed E-state index contributed by atoms with van der Waals surface area (Å²) in [5.74, 6) is 2.49. The minimum atomic E-state index is -0.893. The minimum absolute atomic E-state index is 0.0353. The number of rotatable bonds is 16. The molecule has 4 aliphatic rings. The lowest BCUT2D eigenvalue weighted by atomic mass is 10.0. The molecule has 0 unspecified atom stereocenters. The maximum absolute atomic E-state index is 13.1. The van der Waals surface area contributed by atoms with Crippen molar-refractivity contribution in [2.24, 2.45) is 0 Å². The van der Waals surface area contributed by atoms with Crippen LogP contribution in [0.5, 0.6) is 23.0 Å². The maximum atomic E-state index is 13.1. The van der Waals surface area contributed by atoms with E-state index < -0.39 is 11.6 Å². The Kier molecular flexibility index (Phi) is 20.9. The molecule has 4 aromatic carbocycles. The molecule has 0 radical (unpaired) electrons. The molecule has 23 nitrogen and oxygen atoms in total. The largest absolute Gasteiger partial charge is 0.478 e. The van der Waals surface area contributed by atoms with E-state index >= 15 is 0 Å². The Morgan fingerprint density at radius 1 is 0.620 bits per heavy atom. The number of benzene rings is 4. The van der Waals surface area contributed by atoms with Crippen molar-refractivity contribution in [3.63, 3.8) is 0 Å². The molecule has 5 N–H and O–H groups in total. The highest BCUT2D eigenvalue weighted by Crippen LogP contribution is 2.43. The average molecular weight is 1250 g/mol. The third-order valence-electron chi connectivity index (χ3n) is 16.5. The van der Waals surface area contributed by atoms with Crippen LogP contribution in [0.25, 0.3) is 44.3 Å². The summed E-state index contributed by atoms with van der Waals surface area (Å²) in [5, 5.41) is 30.3. The third kappa shape index (κ3) is 15.5. The molecule has 4 aliphatic heterocycles. The molecule has 476 valence electrons. The Balaban J connectivity index is 0.000000170. The number of carbonyl (C=O) groups is 3. The van der Waals surface area contributed by atoms with Gasteiger partial charge in [-0.15, -0.1) is 0 Å². The van der Waals surface area contributed by atoms with Crippen molar-refractivity contribution in [3.05, 3.63) is 158 Å². The number of hydrogen-bond donors (Lipinski definition) is 3. The number of likely N-dealkylation sites (tertiary alicyclic amines) is 2. The van der Waals surface area contributed by atoms with Gasteiger partial charge in [-0.2, -0.15) is 10.5 Å². The molecule has 8 heterocycles. The van der Waals surface area contributed by atoms with Gasteiger partial charge in [-0.25, -0.2) is 29.5 Å². The molecule has 12 rings (SSSR count). The summed E-state index contributed by atoms with van der Waals surface area (Å²) < 4.78 is 31.9. The molecule has 4 atom stereocenters. The van der Waals surface area contributed by atoms with Gasteiger partial charge in [0.1, 0.15) is 87.7 Å². The smallest absolute Gasteiger partial charge is 0.410 e. The minimum Gasteiger partial charge on any atom is -0.478 e. The molecule has 4 fully saturated rings. The molecule has 8 aromatic rings. The topological polar surface area (TPSA) is 292 Å². The van der Waals surface area contributed by atoms with E-state index in [-0.39, 0.29) is 24.1 Å². The number of likely N-dealkylation sites (N-methyl/N-ethyl adjacent to an activating group) is 2.